The Morgan fingerprint density at radius 3 is 2.26 bits per heavy atom. The van der Waals surface area contributed by atoms with Gasteiger partial charge in [0.1, 0.15) is 0 Å². The van der Waals surface area contributed by atoms with E-state index >= 15 is 0 Å². The Morgan fingerprint density at radius 2 is 1.68 bits per heavy atom. The van der Waals surface area contributed by atoms with E-state index in [1.54, 1.807) is 24.3 Å². The minimum absolute atomic E-state index is 0.0425. The second-order valence-electron chi connectivity index (χ2n) is 7.55. The molecule has 1 aliphatic carbocycles. The van der Waals surface area contributed by atoms with Crippen LogP contribution in [0.2, 0.25) is 5.02 Å². The largest absolute Gasteiger partial charge is 0.465 e. The summed E-state index contributed by atoms with van der Waals surface area (Å²) in [6.07, 6.45) is 2.73. The Bertz CT molecular complexity index is 1040. The van der Waals surface area contributed by atoms with Gasteiger partial charge in [0, 0.05) is 17.6 Å². The molecule has 1 saturated carbocycles. The van der Waals surface area contributed by atoms with E-state index < -0.39 is 33.9 Å². The predicted octanol–water partition coefficient (Wildman–Crippen LogP) is 3.36. The van der Waals surface area contributed by atoms with Gasteiger partial charge < -0.3 is 10.5 Å². The molecule has 1 fully saturated rings. The maximum absolute atomic E-state index is 13.6. The number of rotatable bonds is 7. The molecule has 0 heterocycles. The molecule has 0 bridgehead atoms. The molecule has 2 atom stereocenters. The molecule has 1 aliphatic rings. The van der Waals surface area contributed by atoms with Crippen LogP contribution >= 0.6 is 11.6 Å². The number of benzene rings is 2. The average molecular weight is 465 g/mol. The van der Waals surface area contributed by atoms with Crippen molar-refractivity contribution in [3.63, 3.8) is 0 Å². The van der Waals surface area contributed by atoms with Crippen molar-refractivity contribution in [3.05, 3.63) is 64.7 Å². The highest BCUT2D eigenvalue weighted by Crippen LogP contribution is 2.33. The van der Waals surface area contributed by atoms with Crippen molar-refractivity contribution in [2.24, 2.45) is 11.7 Å². The minimum Gasteiger partial charge on any atom is -0.465 e. The first-order valence-electron chi connectivity index (χ1n) is 9.98. The zero-order valence-corrected chi connectivity index (χ0v) is 18.7. The van der Waals surface area contributed by atoms with Gasteiger partial charge in [-0.25, -0.2) is 13.2 Å². The second-order valence-corrected chi connectivity index (χ2v) is 9.88. The Labute approximate surface area is 187 Å². The number of nitrogens with zero attached hydrogens (tertiary/aromatic N) is 1. The van der Waals surface area contributed by atoms with Crippen molar-refractivity contribution in [2.75, 3.05) is 7.11 Å². The number of amides is 1. The zero-order valence-electron chi connectivity index (χ0n) is 17.2. The van der Waals surface area contributed by atoms with Crippen molar-refractivity contribution in [1.29, 1.82) is 0 Å². The number of carbonyl (C=O) groups is 2. The molecule has 2 N–H and O–H groups in total. The van der Waals surface area contributed by atoms with E-state index in [1.165, 1.54) is 35.7 Å². The molecule has 0 radical (unpaired) electrons. The van der Waals surface area contributed by atoms with Crippen LogP contribution < -0.4 is 5.73 Å². The molecule has 31 heavy (non-hydrogen) atoms. The van der Waals surface area contributed by atoms with Crippen LogP contribution in [0.15, 0.2) is 53.4 Å². The van der Waals surface area contributed by atoms with Crippen molar-refractivity contribution >= 4 is 33.5 Å². The number of ether oxygens (including phenoxy) is 1. The highest BCUT2D eigenvalue weighted by atomic mass is 35.5. The maximum atomic E-state index is 13.6. The summed E-state index contributed by atoms with van der Waals surface area (Å²) in [5.74, 6) is -1.54. The monoisotopic (exact) mass is 464 g/mol. The van der Waals surface area contributed by atoms with Crippen LogP contribution in [0.25, 0.3) is 0 Å². The van der Waals surface area contributed by atoms with Gasteiger partial charge in [-0.3, -0.25) is 4.79 Å². The van der Waals surface area contributed by atoms with Crippen molar-refractivity contribution in [1.82, 2.24) is 4.31 Å². The molecule has 0 aliphatic heterocycles. The third-order valence-electron chi connectivity index (χ3n) is 5.60. The van der Waals surface area contributed by atoms with Crippen LogP contribution in [0.4, 0.5) is 0 Å². The van der Waals surface area contributed by atoms with Crippen LogP contribution in [0.3, 0.4) is 0 Å². The Hall–Kier alpha value is -2.42. The molecular weight excluding hydrogens is 440 g/mol. The standard InChI is InChI=1S/C22H25ClN2O5S/c1-30-22(27)16-8-6-15(7-9-16)14-25(20-5-3-2-4-19(20)21(24)26)31(28,29)18-12-10-17(23)11-13-18/h6-13,19-20H,2-5,14H2,1H3,(H2,24,26)/t19-,20+/m1/s1. The summed E-state index contributed by atoms with van der Waals surface area (Å²) in [6.45, 7) is 0.0425. The fourth-order valence-corrected chi connectivity index (χ4v) is 5.76. The number of nitrogens with two attached hydrogens (primary N) is 1. The number of carbonyl (C=O) groups excluding carboxylic acids is 2. The summed E-state index contributed by atoms with van der Waals surface area (Å²) in [4.78, 5) is 23.9. The molecule has 0 unspecified atom stereocenters. The maximum Gasteiger partial charge on any atom is 0.337 e. The quantitative estimate of drug-likeness (QED) is 0.632. The molecule has 166 valence electrons. The van der Waals surface area contributed by atoms with E-state index in [1.807, 2.05) is 0 Å². The summed E-state index contributed by atoms with van der Waals surface area (Å²) in [7, 11) is -2.64. The Morgan fingerprint density at radius 1 is 1.06 bits per heavy atom. The lowest BCUT2D eigenvalue weighted by Crippen LogP contribution is -2.49. The fourth-order valence-electron chi connectivity index (χ4n) is 3.95. The van der Waals surface area contributed by atoms with E-state index in [4.69, 9.17) is 22.1 Å². The molecule has 9 heteroatoms. The Balaban J connectivity index is 2.00. The Kier molecular flexibility index (Phi) is 7.35. The van der Waals surface area contributed by atoms with Gasteiger partial charge in [-0.1, -0.05) is 36.6 Å². The average Bonchev–Trinajstić information content (AvgIpc) is 2.77. The van der Waals surface area contributed by atoms with Crippen molar-refractivity contribution in [3.8, 4) is 0 Å². The summed E-state index contributed by atoms with van der Waals surface area (Å²) < 4.78 is 33.3. The molecule has 2 aromatic carbocycles. The molecular formula is C22H25ClN2O5S. The van der Waals surface area contributed by atoms with Gasteiger partial charge in [0.25, 0.3) is 0 Å². The summed E-state index contributed by atoms with van der Waals surface area (Å²) in [5, 5.41) is 0.427. The first-order valence-corrected chi connectivity index (χ1v) is 11.8. The van der Waals surface area contributed by atoms with Crippen LogP contribution in [0.5, 0.6) is 0 Å². The van der Waals surface area contributed by atoms with Crippen LogP contribution in [-0.4, -0.2) is 37.8 Å². The van der Waals surface area contributed by atoms with E-state index in [9.17, 15) is 18.0 Å². The van der Waals surface area contributed by atoms with Gasteiger partial charge in [-0.15, -0.1) is 0 Å². The molecule has 0 saturated heterocycles. The highest BCUT2D eigenvalue weighted by Gasteiger charge is 2.40. The van der Waals surface area contributed by atoms with Crippen LogP contribution in [0.1, 0.15) is 41.6 Å². The van der Waals surface area contributed by atoms with Gasteiger partial charge in [-0.2, -0.15) is 4.31 Å². The number of methoxy groups -OCH3 is 1. The van der Waals surface area contributed by atoms with Crippen LogP contribution in [-0.2, 0) is 26.1 Å². The molecule has 7 nitrogen and oxygen atoms in total. The van der Waals surface area contributed by atoms with Crippen molar-refractivity contribution < 1.29 is 22.7 Å². The van der Waals surface area contributed by atoms with Gasteiger partial charge in [0.15, 0.2) is 0 Å². The number of hydrogen-bond donors (Lipinski definition) is 1. The molecule has 2 aromatic rings. The van der Waals surface area contributed by atoms with Gasteiger partial charge in [-0.05, 0) is 54.8 Å². The molecule has 0 aromatic heterocycles. The fraction of sp³-hybridized carbons (Fsp3) is 0.364. The number of hydrogen-bond acceptors (Lipinski definition) is 5. The van der Waals surface area contributed by atoms with E-state index in [2.05, 4.69) is 0 Å². The minimum atomic E-state index is -3.94. The molecule has 1 amide bonds. The SMILES string of the molecule is COC(=O)c1ccc(CN([C@H]2CCCC[C@H]2C(N)=O)S(=O)(=O)c2ccc(Cl)cc2)cc1. The highest BCUT2D eigenvalue weighted by molar-refractivity contribution is 7.89. The van der Waals surface area contributed by atoms with E-state index in [0.717, 1.165) is 12.8 Å². The summed E-state index contributed by atoms with van der Waals surface area (Å²) in [5.41, 5.74) is 6.68. The number of esters is 1. The van der Waals surface area contributed by atoms with Gasteiger partial charge in [0.05, 0.1) is 23.5 Å². The third kappa shape index (κ3) is 5.26. The van der Waals surface area contributed by atoms with Crippen molar-refractivity contribution in [2.45, 2.75) is 43.2 Å². The predicted molar refractivity (Wildman–Crippen MR) is 117 cm³/mol. The van der Waals surface area contributed by atoms with E-state index in [0.29, 0.717) is 29.0 Å². The first kappa shape index (κ1) is 23.2. The first-order chi connectivity index (χ1) is 14.7. The topological polar surface area (TPSA) is 107 Å². The number of primary amides is 1. The molecule has 0 spiro atoms. The lowest BCUT2D eigenvalue weighted by Gasteiger charge is -2.38. The second kappa shape index (κ2) is 9.80. The number of halogens is 1. The summed E-state index contributed by atoms with van der Waals surface area (Å²) >= 11 is 5.93. The van der Waals surface area contributed by atoms with Gasteiger partial charge >= 0.3 is 5.97 Å². The summed E-state index contributed by atoms with van der Waals surface area (Å²) in [6, 6.07) is 11.9. The lowest BCUT2D eigenvalue weighted by molar-refractivity contribution is -0.124. The van der Waals surface area contributed by atoms with E-state index in [-0.39, 0.29) is 11.4 Å². The smallest absolute Gasteiger partial charge is 0.337 e. The normalized spacial score (nSPS) is 19.2. The van der Waals surface area contributed by atoms with Crippen LogP contribution in [0, 0.1) is 5.92 Å². The van der Waals surface area contributed by atoms with Gasteiger partial charge in [0.2, 0.25) is 15.9 Å². The lowest BCUT2D eigenvalue weighted by atomic mass is 9.84. The third-order valence-corrected chi connectivity index (χ3v) is 7.74. The molecule has 3 rings (SSSR count). The number of sulfonamides is 1. The zero-order chi connectivity index (χ0) is 22.6.